The fourth-order valence-electron chi connectivity index (χ4n) is 3.14. The van der Waals surface area contributed by atoms with Crippen LogP contribution < -0.4 is 9.88 Å². The average molecular weight is 395 g/mol. The Labute approximate surface area is 155 Å². The summed E-state index contributed by atoms with van der Waals surface area (Å²) in [4.78, 5) is 5.43. The van der Waals surface area contributed by atoms with Crippen molar-refractivity contribution < 1.29 is 13.4 Å². The van der Waals surface area contributed by atoms with E-state index in [2.05, 4.69) is 9.88 Å². The van der Waals surface area contributed by atoms with Gasteiger partial charge < -0.3 is 4.90 Å². The van der Waals surface area contributed by atoms with E-state index in [9.17, 15) is 8.42 Å². The van der Waals surface area contributed by atoms with Crippen molar-refractivity contribution in [2.24, 2.45) is 0 Å². The van der Waals surface area contributed by atoms with E-state index in [1.807, 2.05) is 30.5 Å². The zero-order chi connectivity index (χ0) is 17.4. The number of aromatic amines is 1. The van der Waals surface area contributed by atoms with Crippen LogP contribution in [0.1, 0.15) is 0 Å². The van der Waals surface area contributed by atoms with E-state index in [0.29, 0.717) is 35.4 Å². The van der Waals surface area contributed by atoms with Crippen molar-refractivity contribution in [3.63, 3.8) is 0 Å². The number of piperazine rings is 1. The summed E-state index contributed by atoms with van der Waals surface area (Å²) in [7, 11) is -3.37. The standard InChI is InChI=1S/C17H16ClN3O2S2/c18-13-3-4-14-15(12-13)19-6-5-16(14)20-7-9-21(10-8-20)25(22,23)17-2-1-11-24-17/h1-6,11-12H,7-10H2/p+1. The van der Waals surface area contributed by atoms with Crippen LogP contribution >= 0.6 is 22.9 Å². The van der Waals surface area contributed by atoms with Crippen molar-refractivity contribution in [3.05, 3.63) is 53.0 Å². The van der Waals surface area contributed by atoms with Crippen molar-refractivity contribution in [3.8, 4) is 0 Å². The molecule has 25 heavy (non-hydrogen) atoms. The predicted molar refractivity (Wildman–Crippen MR) is 101 cm³/mol. The molecule has 3 aromatic rings. The Hall–Kier alpha value is -1.67. The van der Waals surface area contributed by atoms with Crippen LogP contribution in [0.15, 0.2) is 52.2 Å². The number of aromatic nitrogens is 1. The molecule has 0 spiro atoms. The number of hydrogen-bond acceptors (Lipinski definition) is 4. The van der Waals surface area contributed by atoms with Gasteiger partial charge in [-0.05, 0) is 23.6 Å². The summed E-state index contributed by atoms with van der Waals surface area (Å²) >= 11 is 7.33. The lowest BCUT2D eigenvalue weighted by atomic mass is 10.1. The van der Waals surface area contributed by atoms with Gasteiger partial charge in [0.2, 0.25) is 5.52 Å². The molecule has 130 valence electrons. The molecule has 3 heterocycles. The molecule has 1 saturated heterocycles. The van der Waals surface area contributed by atoms with Crippen molar-refractivity contribution in [1.82, 2.24) is 4.31 Å². The number of halogens is 1. The number of rotatable bonds is 3. The van der Waals surface area contributed by atoms with Gasteiger partial charge in [-0.25, -0.2) is 13.4 Å². The number of anilines is 1. The molecule has 0 unspecified atom stereocenters. The second kappa shape index (κ2) is 6.57. The maximum absolute atomic E-state index is 12.6. The molecule has 1 aliphatic rings. The Morgan fingerprint density at radius 3 is 2.60 bits per heavy atom. The van der Waals surface area contributed by atoms with Crippen LogP contribution in [-0.4, -0.2) is 38.9 Å². The number of pyridine rings is 1. The number of nitrogens with zero attached hydrogens (tertiary/aromatic N) is 2. The summed E-state index contributed by atoms with van der Waals surface area (Å²) in [6.07, 6.45) is 1.89. The van der Waals surface area contributed by atoms with Gasteiger partial charge >= 0.3 is 0 Å². The molecule has 0 saturated carbocycles. The maximum atomic E-state index is 12.6. The second-order valence-electron chi connectivity index (χ2n) is 5.88. The first-order chi connectivity index (χ1) is 12.1. The number of thiophene rings is 1. The van der Waals surface area contributed by atoms with Crippen LogP contribution in [0.5, 0.6) is 0 Å². The minimum atomic E-state index is -3.37. The molecule has 1 fully saturated rings. The maximum Gasteiger partial charge on any atom is 0.252 e. The van der Waals surface area contributed by atoms with Crippen molar-refractivity contribution in [2.45, 2.75) is 4.21 Å². The predicted octanol–water partition coefficient (Wildman–Crippen LogP) is 2.88. The van der Waals surface area contributed by atoms with Crippen molar-refractivity contribution in [1.29, 1.82) is 0 Å². The zero-order valence-corrected chi connectivity index (χ0v) is 15.7. The molecule has 4 rings (SSSR count). The highest BCUT2D eigenvalue weighted by Gasteiger charge is 2.29. The molecule has 0 bridgehead atoms. The van der Waals surface area contributed by atoms with Crippen LogP contribution in [-0.2, 0) is 10.0 Å². The summed E-state index contributed by atoms with van der Waals surface area (Å²) in [6, 6.07) is 11.2. The summed E-state index contributed by atoms with van der Waals surface area (Å²) in [5.41, 5.74) is 2.07. The van der Waals surface area contributed by atoms with Gasteiger partial charge in [0, 0.05) is 43.3 Å². The minimum absolute atomic E-state index is 0.412. The second-order valence-corrected chi connectivity index (χ2v) is 9.42. The number of fused-ring (bicyclic) bond motifs is 1. The molecular weight excluding hydrogens is 378 g/mol. The van der Waals surface area contributed by atoms with Crippen LogP contribution in [0.25, 0.3) is 10.9 Å². The number of hydrogen-bond donors (Lipinski definition) is 0. The molecule has 8 heteroatoms. The van der Waals surface area contributed by atoms with Gasteiger partial charge in [-0.15, -0.1) is 11.3 Å². The quantitative estimate of drug-likeness (QED) is 0.686. The topological polar surface area (TPSA) is 54.8 Å². The highest BCUT2D eigenvalue weighted by Crippen LogP contribution is 2.28. The molecule has 1 N–H and O–H groups in total. The largest absolute Gasteiger partial charge is 0.368 e. The average Bonchev–Trinajstić information content (AvgIpc) is 3.16. The van der Waals surface area contributed by atoms with Gasteiger partial charge in [-0.2, -0.15) is 4.31 Å². The third-order valence-electron chi connectivity index (χ3n) is 4.41. The number of nitrogens with one attached hydrogen (secondary N) is 1. The normalized spacial score (nSPS) is 16.4. The van der Waals surface area contributed by atoms with E-state index in [1.54, 1.807) is 21.8 Å². The summed E-state index contributed by atoms with van der Waals surface area (Å²) in [5.74, 6) is 0. The summed E-state index contributed by atoms with van der Waals surface area (Å²) in [5, 5.41) is 3.56. The molecule has 0 radical (unpaired) electrons. The van der Waals surface area contributed by atoms with Gasteiger partial charge in [0.1, 0.15) is 4.21 Å². The highest BCUT2D eigenvalue weighted by molar-refractivity contribution is 7.91. The molecular formula is C17H17ClN3O2S2+. The van der Waals surface area contributed by atoms with E-state index < -0.39 is 10.0 Å². The Morgan fingerprint density at radius 2 is 1.88 bits per heavy atom. The lowest BCUT2D eigenvalue weighted by Gasteiger charge is -2.35. The molecule has 0 aliphatic carbocycles. The Balaban J connectivity index is 1.57. The van der Waals surface area contributed by atoms with E-state index >= 15 is 0 Å². The SMILES string of the molecule is O=S(=O)(c1cccs1)N1CCN(c2cc[nH+]c3cc(Cl)ccc23)CC1. The van der Waals surface area contributed by atoms with E-state index in [1.165, 1.54) is 11.3 Å². The third-order valence-corrected chi connectivity index (χ3v) is 7.91. The molecule has 2 aromatic heterocycles. The molecule has 5 nitrogen and oxygen atoms in total. The highest BCUT2D eigenvalue weighted by atomic mass is 35.5. The summed E-state index contributed by atoms with van der Waals surface area (Å²) in [6.45, 7) is 2.28. The summed E-state index contributed by atoms with van der Waals surface area (Å²) < 4.78 is 27.3. The number of benzene rings is 1. The molecule has 0 atom stereocenters. The van der Waals surface area contributed by atoms with Crippen LogP contribution in [0.2, 0.25) is 5.02 Å². The van der Waals surface area contributed by atoms with Crippen LogP contribution in [0.3, 0.4) is 0 Å². The fraction of sp³-hybridized carbons (Fsp3) is 0.235. The van der Waals surface area contributed by atoms with Gasteiger partial charge in [-0.1, -0.05) is 17.7 Å². The monoisotopic (exact) mass is 394 g/mol. The number of sulfonamides is 1. The van der Waals surface area contributed by atoms with Gasteiger partial charge in [-0.3, -0.25) is 0 Å². The Morgan fingerprint density at radius 1 is 1.08 bits per heavy atom. The zero-order valence-electron chi connectivity index (χ0n) is 13.4. The first-order valence-corrected chi connectivity index (χ1v) is 10.6. The lowest BCUT2D eigenvalue weighted by Crippen LogP contribution is -2.48. The lowest BCUT2D eigenvalue weighted by molar-refractivity contribution is -0.344. The van der Waals surface area contributed by atoms with Gasteiger partial charge in [0.15, 0.2) is 6.20 Å². The third kappa shape index (κ3) is 3.13. The fourth-order valence-corrected chi connectivity index (χ4v) is 5.88. The molecule has 1 aliphatic heterocycles. The van der Waals surface area contributed by atoms with Crippen LogP contribution in [0.4, 0.5) is 5.69 Å². The van der Waals surface area contributed by atoms with E-state index in [4.69, 9.17) is 11.6 Å². The van der Waals surface area contributed by atoms with Crippen LogP contribution in [0, 0.1) is 0 Å². The van der Waals surface area contributed by atoms with Crippen molar-refractivity contribution in [2.75, 3.05) is 31.1 Å². The van der Waals surface area contributed by atoms with Gasteiger partial charge in [0.25, 0.3) is 10.0 Å². The first kappa shape index (κ1) is 16.8. The van der Waals surface area contributed by atoms with E-state index in [-0.39, 0.29) is 0 Å². The van der Waals surface area contributed by atoms with E-state index in [0.717, 1.165) is 16.6 Å². The molecule has 1 aromatic carbocycles. The molecule has 0 amide bonds. The Kier molecular flexibility index (Phi) is 4.41. The van der Waals surface area contributed by atoms with Gasteiger partial charge in [0.05, 0.1) is 11.1 Å². The Bertz CT molecular complexity index is 998. The minimum Gasteiger partial charge on any atom is -0.368 e. The van der Waals surface area contributed by atoms with Crippen molar-refractivity contribution >= 4 is 49.6 Å². The number of H-pyrrole nitrogens is 1. The smallest absolute Gasteiger partial charge is 0.252 e. The first-order valence-electron chi connectivity index (χ1n) is 7.94.